The Morgan fingerprint density at radius 2 is 1.49 bits per heavy atom. The van der Waals surface area contributed by atoms with E-state index < -0.39 is 32.9 Å². The summed E-state index contributed by atoms with van der Waals surface area (Å²) in [5.41, 5.74) is 8.15. The van der Waals surface area contributed by atoms with Crippen LogP contribution in [0.5, 0.6) is 0 Å². The van der Waals surface area contributed by atoms with Gasteiger partial charge in [0.1, 0.15) is 5.58 Å². The molecule has 7 heteroatoms. The summed E-state index contributed by atoms with van der Waals surface area (Å²) in [5.74, 6) is 0.832. The van der Waals surface area contributed by atoms with Crippen LogP contribution in [0.1, 0.15) is 120 Å². The van der Waals surface area contributed by atoms with Crippen LogP contribution >= 0.6 is 0 Å². The number of hydrogen-bond acceptors (Lipinski definition) is 5. The van der Waals surface area contributed by atoms with Gasteiger partial charge < -0.3 is 8.98 Å². The van der Waals surface area contributed by atoms with Crippen molar-refractivity contribution in [1.29, 1.82) is 0 Å². The molecule has 70 heavy (non-hydrogen) atoms. The predicted octanol–water partition coefficient (Wildman–Crippen LogP) is 16.4. The van der Waals surface area contributed by atoms with Gasteiger partial charge in [-0.1, -0.05) is 128 Å². The number of fused-ring (bicyclic) bond motifs is 9. The van der Waals surface area contributed by atoms with E-state index in [0.717, 1.165) is 50.4 Å². The van der Waals surface area contributed by atoms with Crippen molar-refractivity contribution >= 4 is 54.8 Å². The molecule has 12 rings (SSSR count). The van der Waals surface area contributed by atoms with Crippen LogP contribution in [0, 0.1) is 25.8 Å². The molecule has 1 aliphatic carbocycles. The van der Waals surface area contributed by atoms with Gasteiger partial charge in [-0.2, -0.15) is 0 Å². The Morgan fingerprint density at radius 1 is 0.729 bits per heavy atom. The molecular formula is C63H57IrN5O-2. The molecule has 4 aromatic heterocycles. The van der Waals surface area contributed by atoms with E-state index in [-0.39, 0.29) is 93.1 Å². The number of hydrogen-bond donors (Lipinski definition) is 0. The van der Waals surface area contributed by atoms with E-state index >= 15 is 0 Å². The molecule has 0 amide bonds. The third kappa shape index (κ3) is 8.13. The summed E-state index contributed by atoms with van der Waals surface area (Å²) in [5, 5.41) is 1.93. The quantitative estimate of drug-likeness (QED) is 0.123. The molecule has 0 fully saturated rings. The molecule has 0 saturated heterocycles. The van der Waals surface area contributed by atoms with Gasteiger partial charge >= 0.3 is 0 Å². The van der Waals surface area contributed by atoms with Gasteiger partial charge in [-0.15, -0.1) is 53.6 Å². The molecule has 0 N–H and O–H groups in total. The van der Waals surface area contributed by atoms with E-state index in [1.807, 2.05) is 89.6 Å². The second kappa shape index (κ2) is 18.5. The Morgan fingerprint density at radius 3 is 2.21 bits per heavy atom. The van der Waals surface area contributed by atoms with Gasteiger partial charge in [0, 0.05) is 67.8 Å². The molecule has 4 heterocycles. The van der Waals surface area contributed by atoms with Gasteiger partial charge in [0.15, 0.2) is 0 Å². The Kier molecular flexibility index (Phi) is 9.57. The first-order valence-corrected chi connectivity index (χ1v) is 23.5. The number of aryl methyl sites for hydroxylation is 4. The van der Waals surface area contributed by atoms with Gasteiger partial charge in [-0.05, 0) is 118 Å². The fourth-order valence-corrected chi connectivity index (χ4v) is 9.58. The number of pyridine rings is 1. The Hall–Kier alpha value is -6.79. The zero-order valence-electron chi connectivity index (χ0n) is 50.0. The fourth-order valence-electron chi connectivity index (χ4n) is 9.58. The van der Waals surface area contributed by atoms with Gasteiger partial charge in [0.25, 0.3) is 0 Å². The minimum absolute atomic E-state index is 0. The summed E-state index contributed by atoms with van der Waals surface area (Å²) in [6, 6.07) is 46.1. The van der Waals surface area contributed by atoms with Crippen molar-refractivity contribution < 1.29 is 38.2 Å². The van der Waals surface area contributed by atoms with Crippen LogP contribution in [0.2, 0.25) is 0 Å². The summed E-state index contributed by atoms with van der Waals surface area (Å²) >= 11 is 0. The molecule has 0 aliphatic heterocycles. The Bertz CT molecular complexity index is 4170. The summed E-state index contributed by atoms with van der Waals surface area (Å²) in [6.07, 6.45) is -2.67. The van der Waals surface area contributed by atoms with Gasteiger partial charge in [-0.3, -0.25) is 15.0 Å². The molecule has 7 aromatic carbocycles. The number of furan rings is 1. The van der Waals surface area contributed by atoms with Crippen LogP contribution in [0.15, 0.2) is 138 Å². The molecule has 0 atom stereocenters. The first-order chi connectivity index (χ1) is 37.2. The maximum absolute atomic E-state index is 9.35. The van der Waals surface area contributed by atoms with Gasteiger partial charge in [0.05, 0.1) is 39.3 Å². The fraction of sp³-hybridized carbons (Fsp3) is 0.238. The van der Waals surface area contributed by atoms with Crippen LogP contribution in [-0.2, 0) is 38.3 Å². The SMILES string of the molecule is CC(C)(C)c1ccnc(-c2[c-]cccc2)n1.[2H]C([2H])([2H])c1c2oc3c(-c4nc5ccc6c(c5n4-c4c(C(C)C)cc(-c5ccccc5)cc4C(C)C)C([2H])([2H])CC6([2H])[2H])[c-]cc(C([2H])([2H])[2H])c3c2nc2ccc3ccccc3c12.[Ir]. The smallest absolute Gasteiger partial charge is 0.142 e. The molecule has 0 saturated carbocycles. The monoisotopic (exact) mass is 1100 g/mol. The minimum atomic E-state index is -2.72. The number of nitrogens with zero attached hydrogens (tertiary/aromatic N) is 5. The summed E-state index contributed by atoms with van der Waals surface area (Å²) in [6.45, 7) is 9.37. The van der Waals surface area contributed by atoms with Crippen molar-refractivity contribution in [3.63, 3.8) is 0 Å². The number of rotatable bonds is 6. The summed E-state index contributed by atoms with van der Waals surface area (Å²) < 4.78 is 98.1. The topological polar surface area (TPSA) is 69.6 Å². The molecule has 1 radical (unpaired) electrons. The van der Waals surface area contributed by atoms with Crippen LogP contribution in [0.3, 0.4) is 0 Å². The second-order valence-electron chi connectivity index (χ2n) is 19.4. The van der Waals surface area contributed by atoms with Crippen molar-refractivity contribution in [3.8, 4) is 39.6 Å². The van der Waals surface area contributed by atoms with E-state index in [1.54, 1.807) is 18.2 Å². The first kappa shape index (κ1) is 36.2. The third-order valence-corrected chi connectivity index (χ3v) is 13.1. The standard InChI is InChI=1S/C49H42N3O.C14H15N2.Ir/c1-27(2)38-25-34(31-13-8-7-9-14-31)26-39(28(3)4)45(38)52-46-36-18-12-16-33(36)21-24-41(46)51-49(52)37-22-19-29(5)42-44-47(53-48(37)42)30(6)43-35-17-11-10-15-32(35)20-23-40(43)50-44;1-14(2,3)12-9-10-15-13(16-12)11-7-5-4-6-8-11;/h7-11,13-15,17,19-21,23-28H,12,16,18H2,1-6H3;4-7,9-10H,1-3H3;/q2*-1;/i5D3,6D3,16D2,18D2;;. The van der Waals surface area contributed by atoms with Gasteiger partial charge in [-0.25, -0.2) is 4.98 Å². The second-order valence-corrected chi connectivity index (χ2v) is 19.4. The molecule has 0 bridgehead atoms. The van der Waals surface area contributed by atoms with Crippen molar-refractivity contribution in [2.75, 3.05) is 0 Å². The summed E-state index contributed by atoms with van der Waals surface area (Å²) in [7, 11) is 0. The molecule has 1 aliphatic rings. The molecule has 11 aromatic rings. The average molecular weight is 1100 g/mol. The van der Waals surface area contributed by atoms with E-state index in [0.29, 0.717) is 27.3 Å². The van der Waals surface area contributed by atoms with E-state index in [9.17, 15) is 2.74 Å². The molecule has 0 unspecified atom stereocenters. The van der Waals surface area contributed by atoms with Crippen LogP contribution < -0.4 is 0 Å². The predicted molar refractivity (Wildman–Crippen MR) is 286 cm³/mol. The number of aromatic nitrogens is 5. The van der Waals surface area contributed by atoms with Crippen molar-refractivity contribution in [1.82, 2.24) is 24.5 Å². The largest absolute Gasteiger partial charge is 0.499 e. The first-order valence-electron chi connectivity index (χ1n) is 28.5. The van der Waals surface area contributed by atoms with Crippen molar-refractivity contribution in [2.24, 2.45) is 0 Å². The molecule has 351 valence electrons. The zero-order chi connectivity index (χ0) is 56.3. The normalized spacial score (nSPS) is 16.5. The minimum Gasteiger partial charge on any atom is -0.499 e. The molecule has 6 nitrogen and oxygen atoms in total. The van der Waals surface area contributed by atoms with Gasteiger partial charge in [0.2, 0.25) is 0 Å². The maximum Gasteiger partial charge on any atom is 0.142 e. The van der Waals surface area contributed by atoms with E-state index in [4.69, 9.17) is 25.4 Å². The average Bonchev–Trinajstić information content (AvgIpc) is 4.25. The Balaban J connectivity index is 0.000000364. The number of benzene rings is 7. The van der Waals surface area contributed by atoms with Crippen LogP contribution in [0.4, 0.5) is 0 Å². The van der Waals surface area contributed by atoms with Crippen molar-refractivity contribution in [2.45, 2.75) is 98.6 Å². The van der Waals surface area contributed by atoms with E-state index in [1.165, 1.54) is 6.07 Å². The van der Waals surface area contributed by atoms with E-state index in [2.05, 4.69) is 94.8 Å². The molecule has 0 spiro atoms. The zero-order valence-corrected chi connectivity index (χ0v) is 42.4. The number of imidazole rings is 1. The third-order valence-electron chi connectivity index (χ3n) is 13.1. The molecular weight excluding hydrogens is 1030 g/mol. The van der Waals surface area contributed by atoms with Crippen LogP contribution in [0.25, 0.3) is 94.4 Å². The summed E-state index contributed by atoms with van der Waals surface area (Å²) in [4.78, 5) is 19.1. The maximum atomic E-state index is 9.35. The van der Waals surface area contributed by atoms with Crippen LogP contribution in [-0.4, -0.2) is 24.5 Å². The Labute approximate surface area is 438 Å². The van der Waals surface area contributed by atoms with Crippen molar-refractivity contribution in [3.05, 3.63) is 185 Å².